The molecule has 1 rings (SSSR count). The Hall–Kier alpha value is -0.850. The molecular formula is C11H18ClN3O2S. The molecule has 0 saturated carbocycles. The van der Waals surface area contributed by atoms with Gasteiger partial charge in [-0.3, -0.25) is 0 Å². The summed E-state index contributed by atoms with van der Waals surface area (Å²) in [6, 6.07) is 1.24. The summed E-state index contributed by atoms with van der Waals surface area (Å²) in [6.07, 6.45) is 3.67. The summed E-state index contributed by atoms with van der Waals surface area (Å²) in [5.74, 6) is 0.121. The first-order valence-electron chi connectivity index (χ1n) is 5.84. The van der Waals surface area contributed by atoms with E-state index >= 15 is 0 Å². The van der Waals surface area contributed by atoms with Gasteiger partial charge in [0.1, 0.15) is 10.7 Å². The number of nitrogens with one attached hydrogen (secondary N) is 1. The van der Waals surface area contributed by atoms with Gasteiger partial charge < -0.3 is 5.73 Å². The van der Waals surface area contributed by atoms with E-state index in [4.69, 9.17) is 17.3 Å². The maximum Gasteiger partial charge on any atom is 0.242 e. The van der Waals surface area contributed by atoms with E-state index in [-0.39, 0.29) is 21.8 Å². The number of halogens is 1. The molecule has 0 radical (unpaired) electrons. The molecule has 1 aromatic rings. The number of pyridine rings is 1. The third-order valence-corrected chi connectivity index (χ3v) is 4.40. The van der Waals surface area contributed by atoms with E-state index in [9.17, 15) is 8.42 Å². The van der Waals surface area contributed by atoms with Crippen molar-refractivity contribution in [3.8, 4) is 0 Å². The smallest absolute Gasteiger partial charge is 0.242 e. The fraction of sp³-hybridized carbons (Fsp3) is 0.545. The summed E-state index contributed by atoms with van der Waals surface area (Å²) in [4.78, 5) is 3.79. The van der Waals surface area contributed by atoms with Crippen LogP contribution in [0.5, 0.6) is 0 Å². The van der Waals surface area contributed by atoms with Crippen LogP contribution in [0.3, 0.4) is 0 Å². The predicted molar refractivity (Wildman–Crippen MR) is 73.0 cm³/mol. The van der Waals surface area contributed by atoms with Crippen molar-refractivity contribution in [1.82, 2.24) is 9.71 Å². The largest absolute Gasteiger partial charge is 0.382 e. The third kappa shape index (κ3) is 3.83. The Morgan fingerprint density at radius 2 is 2.17 bits per heavy atom. The molecule has 3 N–H and O–H groups in total. The molecule has 0 aliphatic carbocycles. The lowest BCUT2D eigenvalue weighted by Gasteiger charge is -2.16. The Morgan fingerprint density at radius 3 is 2.67 bits per heavy atom. The fourth-order valence-corrected chi connectivity index (χ4v) is 3.12. The van der Waals surface area contributed by atoms with Crippen LogP contribution in [0.1, 0.15) is 33.1 Å². The number of nitrogens with two attached hydrogens (primary N) is 1. The zero-order chi connectivity index (χ0) is 13.8. The van der Waals surface area contributed by atoms with E-state index < -0.39 is 10.0 Å². The molecule has 7 heteroatoms. The highest BCUT2D eigenvalue weighted by atomic mass is 35.5. The van der Waals surface area contributed by atoms with Crippen LogP contribution in [0, 0.1) is 0 Å². The van der Waals surface area contributed by atoms with Crippen LogP contribution >= 0.6 is 11.6 Å². The van der Waals surface area contributed by atoms with Crippen molar-refractivity contribution in [2.24, 2.45) is 0 Å². The molecule has 1 heterocycles. The summed E-state index contributed by atoms with van der Waals surface area (Å²) in [7, 11) is -3.59. The molecule has 5 nitrogen and oxygen atoms in total. The summed E-state index contributed by atoms with van der Waals surface area (Å²) >= 11 is 5.77. The van der Waals surface area contributed by atoms with Gasteiger partial charge in [0.05, 0.1) is 5.02 Å². The normalized spacial score (nSPS) is 13.5. The minimum absolute atomic E-state index is 0.0382. The highest BCUT2D eigenvalue weighted by molar-refractivity contribution is 7.89. The van der Waals surface area contributed by atoms with Crippen molar-refractivity contribution in [1.29, 1.82) is 0 Å². The minimum atomic E-state index is -3.59. The van der Waals surface area contributed by atoms with Gasteiger partial charge in [-0.1, -0.05) is 31.9 Å². The first kappa shape index (κ1) is 15.2. The van der Waals surface area contributed by atoms with Gasteiger partial charge in [-0.15, -0.1) is 0 Å². The highest BCUT2D eigenvalue weighted by Gasteiger charge is 2.19. The van der Waals surface area contributed by atoms with Gasteiger partial charge in [-0.2, -0.15) is 0 Å². The van der Waals surface area contributed by atoms with Gasteiger partial charge in [0.25, 0.3) is 0 Å². The number of nitrogen functional groups attached to an aromatic ring is 1. The maximum atomic E-state index is 12.1. The summed E-state index contributed by atoms with van der Waals surface area (Å²) in [6.45, 7) is 3.95. The van der Waals surface area contributed by atoms with Crippen LogP contribution in [0.2, 0.25) is 5.02 Å². The quantitative estimate of drug-likeness (QED) is 0.841. The molecule has 0 aromatic carbocycles. The number of nitrogens with zero attached hydrogens (tertiary/aromatic N) is 1. The lowest BCUT2D eigenvalue weighted by Crippen LogP contribution is -2.34. The van der Waals surface area contributed by atoms with E-state index in [0.29, 0.717) is 0 Å². The molecule has 0 amide bonds. The summed E-state index contributed by atoms with van der Waals surface area (Å²) in [5, 5.41) is 0.140. The van der Waals surface area contributed by atoms with Gasteiger partial charge in [0, 0.05) is 12.2 Å². The zero-order valence-corrected chi connectivity index (χ0v) is 12.1. The summed E-state index contributed by atoms with van der Waals surface area (Å²) < 4.78 is 26.8. The molecule has 18 heavy (non-hydrogen) atoms. The monoisotopic (exact) mass is 291 g/mol. The fourth-order valence-electron chi connectivity index (χ4n) is 1.56. The van der Waals surface area contributed by atoms with Crippen molar-refractivity contribution >= 4 is 27.4 Å². The molecular weight excluding hydrogens is 274 g/mol. The second-order valence-electron chi connectivity index (χ2n) is 4.05. The van der Waals surface area contributed by atoms with Crippen molar-refractivity contribution in [3.63, 3.8) is 0 Å². The molecule has 1 aromatic heterocycles. The zero-order valence-electron chi connectivity index (χ0n) is 10.5. The molecule has 0 aliphatic rings. The van der Waals surface area contributed by atoms with E-state index in [1.807, 2.05) is 13.8 Å². The number of anilines is 1. The molecule has 0 fully saturated rings. The highest BCUT2D eigenvalue weighted by Crippen LogP contribution is 2.20. The number of aromatic nitrogens is 1. The van der Waals surface area contributed by atoms with Crippen molar-refractivity contribution in [2.75, 3.05) is 5.73 Å². The number of sulfonamides is 1. The third-order valence-electron chi connectivity index (χ3n) is 2.61. The molecule has 0 spiro atoms. The Labute approximate surface area is 113 Å². The van der Waals surface area contributed by atoms with Crippen LogP contribution in [-0.2, 0) is 10.0 Å². The van der Waals surface area contributed by atoms with Gasteiger partial charge >= 0.3 is 0 Å². The Morgan fingerprint density at radius 1 is 1.50 bits per heavy atom. The van der Waals surface area contributed by atoms with E-state index in [1.54, 1.807) is 0 Å². The molecule has 1 atom stereocenters. The number of hydrogen-bond donors (Lipinski definition) is 2. The number of hydrogen-bond acceptors (Lipinski definition) is 4. The van der Waals surface area contributed by atoms with Crippen molar-refractivity contribution in [3.05, 3.63) is 17.3 Å². The van der Waals surface area contributed by atoms with Crippen LogP contribution in [-0.4, -0.2) is 19.4 Å². The van der Waals surface area contributed by atoms with Gasteiger partial charge in [0.15, 0.2) is 0 Å². The molecule has 1 unspecified atom stereocenters. The topological polar surface area (TPSA) is 85.1 Å². The van der Waals surface area contributed by atoms with Crippen LogP contribution in [0.15, 0.2) is 17.2 Å². The van der Waals surface area contributed by atoms with E-state index in [2.05, 4.69) is 9.71 Å². The number of rotatable bonds is 6. The summed E-state index contributed by atoms with van der Waals surface area (Å²) in [5.41, 5.74) is 5.45. The van der Waals surface area contributed by atoms with Gasteiger partial charge in [-0.25, -0.2) is 18.1 Å². The predicted octanol–water partition coefficient (Wildman–Crippen LogP) is 2.17. The SMILES string of the molecule is CCCC(CC)NS(=O)(=O)c1cnc(N)c(Cl)c1. The second kappa shape index (κ2) is 6.36. The van der Waals surface area contributed by atoms with Crippen LogP contribution in [0.4, 0.5) is 5.82 Å². The Balaban J connectivity index is 2.95. The maximum absolute atomic E-state index is 12.1. The minimum Gasteiger partial charge on any atom is -0.382 e. The van der Waals surface area contributed by atoms with Crippen LogP contribution < -0.4 is 10.5 Å². The van der Waals surface area contributed by atoms with Crippen LogP contribution in [0.25, 0.3) is 0 Å². The van der Waals surface area contributed by atoms with Crippen molar-refractivity contribution in [2.45, 2.75) is 44.0 Å². The molecule has 102 valence electrons. The Bertz CT molecular complexity index is 505. The first-order valence-corrected chi connectivity index (χ1v) is 7.70. The molecule has 0 aliphatic heterocycles. The average molecular weight is 292 g/mol. The molecule has 0 saturated heterocycles. The lowest BCUT2D eigenvalue weighted by atomic mass is 10.1. The molecule has 0 bridgehead atoms. The second-order valence-corrected chi connectivity index (χ2v) is 6.17. The Kier molecular flexibility index (Phi) is 5.37. The van der Waals surface area contributed by atoms with Gasteiger partial charge in [-0.05, 0) is 18.9 Å². The standard InChI is InChI=1S/C11H18ClN3O2S/c1-3-5-8(4-2)15-18(16,17)9-6-10(12)11(13)14-7-9/h6-8,15H,3-5H2,1-2H3,(H2,13,14). The average Bonchev–Trinajstić information content (AvgIpc) is 2.31. The van der Waals surface area contributed by atoms with Gasteiger partial charge in [0.2, 0.25) is 10.0 Å². The first-order chi connectivity index (χ1) is 8.40. The van der Waals surface area contributed by atoms with E-state index in [1.165, 1.54) is 12.3 Å². The van der Waals surface area contributed by atoms with E-state index in [0.717, 1.165) is 19.3 Å². The lowest BCUT2D eigenvalue weighted by molar-refractivity contribution is 0.512. The van der Waals surface area contributed by atoms with Crippen molar-refractivity contribution < 1.29 is 8.42 Å².